The number of benzene rings is 3. The van der Waals surface area contributed by atoms with Crippen LogP contribution in [0.3, 0.4) is 0 Å². The Morgan fingerprint density at radius 1 is 0.935 bits per heavy atom. The van der Waals surface area contributed by atoms with Gasteiger partial charge in [-0.25, -0.2) is 9.48 Å². The Hall–Kier alpha value is -4.26. The van der Waals surface area contributed by atoms with E-state index in [0.29, 0.717) is 16.5 Å². The van der Waals surface area contributed by atoms with Crippen LogP contribution < -0.4 is 15.6 Å². The SMILES string of the molecule is CC(=O)Nc1cccc(OC(=O)c2nn(Cc3ccccc3)c(=O)c3ccccc23)c1. The van der Waals surface area contributed by atoms with Gasteiger partial charge in [-0.15, -0.1) is 0 Å². The molecule has 1 aromatic heterocycles. The molecule has 0 bridgehead atoms. The van der Waals surface area contributed by atoms with Crippen LogP contribution in [0.25, 0.3) is 10.8 Å². The minimum Gasteiger partial charge on any atom is -0.422 e. The number of carbonyl (C=O) groups excluding carboxylic acids is 2. The van der Waals surface area contributed by atoms with Crippen LogP contribution in [0.15, 0.2) is 83.7 Å². The molecular formula is C24H19N3O4. The highest BCUT2D eigenvalue weighted by Gasteiger charge is 2.19. The fraction of sp³-hybridized carbons (Fsp3) is 0.0833. The van der Waals surface area contributed by atoms with Gasteiger partial charge in [-0.1, -0.05) is 54.6 Å². The molecule has 1 N–H and O–H groups in total. The van der Waals surface area contributed by atoms with Gasteiger partial charge in [-0.3, -0.25) is 9.59 Å². The monoisotopic (exact) mass is 413 g/mol. The molecule has 3 aromatic carbocycles. The number of hydrogen-bond donors (Lipinski definition) is 1. The van der Waals surface area contributed by atoms with Crippen molar-refractivity contribution in [2.24, 2.45) is 0 Å². The molecule has 0 saturated heterocycles. The summed E-state index contributed by atoms with van der Waals surface area (Å²) < 4.78 is 6.77. The van der Waals surface area contributed by atoms with Crippen LogP contribution in [0, 0.1) is 0 Å². The van der Waals surface area contributed by atoms with Gasteiger partial charge < -0.3 is 10.1 Å². The molecule has 7 nitrogen and oxygen atoms in total. The second kappa shape index (κ2) is 8.62. The molecule has 4 aromatic rings. The Morgan fingerprint density at radius 2 is 1.65 bits per heavy atom. The normalized spacial score (nSPS) is 10.6. The van der Waals surface area contributed by atoms with Crippen LogP contribution in [-0.4, -0.2) is 21.7 Å². The van der Waals surface area contributed by atoms with E-state index in [-0.39, 0.29) is 29.5 Å². The average molecular weight is 413 g/mol. The van der Waals surface area contributed by atoms with Crippen molar-refractivity contribution in [1.82, 2.24) is 9.78 Å². The summed E-state index contributed by atoms with van der Waals surface area (Å²) in [6, 6.07) is 22.7. The molecule has 1 heterocycles. The molecule has 7 heteroatoms. The number of esters is 1. The van der Waals surface area contributed by atoms with E-state index in [1.807, 2.05) is 30.3 Å². The maximum atomic E-state index is 13.0. The predicted molar refractivity (Wildman–Crippen MR) is 117 cm³/mol. The van der Waals surface area contributed by atoms with E-state index in [4.69, 9.17) is 4.74 Å². The molecule has 0 aliphatic heterocycles. The lowest BCUT2D eigenvalue weighted by Gasteiger charge is -2.11. The van der Waals surface area contributed by atoms with E-state index in [9.17, 15) is 14.4 Å². The van der Waals surface area contributed by atoms with E-state index in [1.54, 1.807) is 48.5 Å². The van der Waals surface area contributed by atoms with Gasteiger partial charge in [0.2, 0.25) is 5.91 Å². The Kier molecular flexibility index (Phi) is 5.57. The van der Waals surface area contributed by atoms with Gasteiger partial charge in [0.25, 0.3) is 5.56 Å². The summed E-state index contributed by atoms with van der Waals surface area (Å²) >= 11 is 0. The third-order valence-corrected chi connectivity index (χ3v) is 4.60. The molecule has 0 spiro atoms. The van der Waals surface area contributed by atoms with Gasteiger partial charge >= 0.3 is 5.97 Å². The highest BCUT2D eigenvalue weighted by Crippen LogP contribution is 2.20. The van der Waals surface area contributed by atoms with Crippen LogP contribution in [0.2, 0.25) is 0 Å². The molecule has 4 rings (SSSR count). The van der Waals surface area contributed by atoms with Gasteiger partial charge in [-0.2, -0.15) is 5.10 Å². The van der Waals surface area contributed by atoms with E-state index >= 15 is 0 Å². The lowest BCUT2D eigenvalue weighted by Crippen LogP contribution is -2.27. The third kappa shape index (κ3) is 4.51. The lowest BCUT2D eigenvalue weighted by molar-refractivity contribution is -0.114. The van der Waals surface area contributed by atoms with Crippen molar-refractivity contribution in [1.29, 1.82) is 0 Å². The number of nitrogens with one attached hydrogen (secondary N) is 1. The molecule has 1 amide bonds. The highest BCUT2D eigenvalue weighted by atomic mass is 16.5. The molecule has 0 radical (unpaired) electrons. The Balaban J connectivity index is 1.72. The van der Waals surface area contributed by atoms with E-state index < -0.39 is 5.97 Å². The lowest BCUT2D eigenvalue weighted by atomic mass is 10.1. The number of carbonyl (C=O) groups is 2. The van der Waals surface area contributed by atoms with Crippen molar-refractivity contribution in [3.8, 4) is 5.75 Å². The molecule has 31 heavy (non-hydrogen) atoms. The molecule has 0 aliphatic rings. The van der Waals surface area contributed by atoms with Crippen LogP contribution in [0.5, 0.6) is 5.75 Å². The van der Waals surface area contributed by atoms with Crippen LogP contribution in [-0.2, 0) is 11.3 Å². The number of anilines is 1. The maximum absolute atomic E-state index is 13.0. The number of ether oxygens (including phenoxy) is 1. The van der Waals surface area contributed by atoms with Gasteiger partial charge in [-0.05, 0) is 23.8 Å². The average Bonchev–Trinajstić information content (AvgIpc) is 2.76. The van der Waals surface area contributed by atoms with E-state index in [0.717, 1.165) is 5.56 Å². The van der Waals surface area contributed by atoms with Crippen molar-refractivity contribution in [2.45, 2.75) is 13.5 Å². The largest absolute Gasteiger partial charge is 0.422 e. The summed E-state index contributed by atoms with van der Waals surface area (Å²) in [5.74, 6) is -0.676. The summed E-state index contributed by atoms with van der Waals surface area (Å²) in [5, 5.41) is 7.76. The fourth-order valence-corrected chi connectivity index (χ4v) is 3.25. The Labute approximate surface area is 177 Å². The number of rotatable bonds is 5. The minimum absolute atomic E-state index is 0.0380. The highest BCUT2D eigenvalue weighted by molar-refractivity contribution is 6.03. The number of fused-ring (bicyclic) bond motifs is 1. The second-order valence-corrected chi connectivity index (χ2v) is 6.94. The van der Waals surface area contributed by atoms with Crippen LogP contribution in [0.1, 0.15) is 23.0 Å². The predicted octanol–water partition coefficient (Wildman–Crippen LogP) is 3.62. The molecule has 0 unspecified atom stereocenters. The van der Waals surface area contributed by atoms with Crippen molar-refractivity contribution in [3.05, 3.63) is 100 Å². The van der Waals surface area contributed by atoms with Gasteiger partial charge in [0.15, 0.2) is 5.69 Å². The van der Waals surface area contributed by atoms with Crippen LogP contribution in [0.4, 0.5) is 5.69 Å². The summed E-state index contributed by atoms with van der Waals surface area (Å²) in [5.41, 5.74) is 1.14. The summed E-state index contributed by atoms with van der Waals surface area (Å²) in [6.45, 7) is 1.62. The zero-order valence-corrected chi connectivity index (χ0v) is 16.7. The number of hydrogen-bond acceptors (Lipinski definition) is 5. The Morgan fingerprint density at radius 3 is 2.39 bits per heavy atom. The molecular weight excluding hydrogens is 394 g/mol. The molecule has 0 fully saturated rings. The van der Waals surface area contributed by atoms with Crippen molar-refractivity contribution >= 4 is 28.3 Å². The fourth-order valence-electron chi connectivity index (χ4n) is 3.25. The van der Waals surface area contributed by atoms with E-state index in [2.05, 4.69) is 10.4 Å². The second-order valence-electron chi connectivity index (χ2n) is 6.94. The summed E-state index contributed by atoms with van der Waals surface area (Å²) in [6.07, 6.45) is 0. The molecule has 0 saturated carbocycles. The van der Waals surface area contributed by atoms with Gasteiger partial charge in [0.05, 0.1) is 11.9 Å². The van der Waals surface area contributed by atoms with Gasteiger partial charge in [0, 0.05) is 24.1 Å². The van der Waals surface area contributed by atoms with Crippen molar-refractivity contribution in [2.75, 3.05) is 5.32 Å². The smallest absolute Gasteiger partial charge is 0.364 e. The first-order valence-corrected chi connectivity index (χ1v) is 9.65. The van der Waals surface area contributed by atoms with Crippen molar-refractivity contribution < 1.29 is 14.3 Å². The first-order chi connectivity index (χ1) is 15.0. The summed E-state index contributed by atoms with van der Waals surface area (Å²) in [7, 11) is 0. The van der Waals surface area contributed by atoms with E-state index in [1.165, 1.54) is 11.6 Å². The van der Waals surface area contributed by atoms with Crippen LogP contribution >= 0.6 is 0 Å². The standard InChI is InChI=1S/C24H19N3O4/c1-16(28)25-18-10-7-11-19(14-18)31-24(30)22-20-12-5-6-13-21(20)23(29)27(26-22)15-17-8-3-2-4-9-17/h2-14H,15H2,1H3,(H,25,28). The number of amides is 1. The number of aromatic nitrogens is 2. The molecule has 0 atom stereocenters. The topological polar surface area (TPSA) is 90.3 Å². The van der Waals surface area contributed by atoms with Gasteiger partial charge in [0.1, 0.15) is 5.75 Å². The zero-order chi connectivity index (χ0) is 21.8. The first kappa shape index (κ1) is 20.0. The molecule has 0 aliphatic carbocycles. The summed E-state index contributed by atoms with van der Waals surface area (Å²) in [4.78, 5) is 37.2. The Bertz CT molecular complexity index is 1330. The quantitative estimate of drug-likeness (QED) is 0.399. The zero-order valence-electron chi connectivity index (χ0n) is 16.7. The molecule has 154 valence electrons. The maximum Gasteiger partial charge on any atom is 0.364 e. The minimum atomic E-state index is -0.696. The van der Waals surface area contributed by atoms with Crippen molar-refractivity contribution in [3.63, 3.8) is 0 Å². The number of nitrogens with zero attached hydrogens (tertiary/aromatic N) is 2. The third-order valence-electron chi connectivity index (χ3n) is 4.60. The first-order valence-electron chi connectivity index (χ1n) is 9.65.